The molecular weight excluding hydrogens is 256 g/mol. The summed E-state index contributed by atoms with van der Waals surface area (Å²) in [4.78, 5) is 24.2. The van der Waals surface area contributed by atoms with Gasteiger partial charge in [-0.1, -0.05) is 29.8 Å². The number of aryl methyl sites for hydroxylation is 1. The van der Waals surface area contributed by atoms with Gasteiger partial charge in [0.1, 0.15) is 5.41 Å². The summed E-state index contributed by atoms with van der Waals surface area (Å²) in [6.45, 7) is 6.14. The molecule has 20 heavy (non-hydrogen) atoms. The van der Waals surface area contributed by atoms with Crippen LogP contribution in [0.3, 0.4) is 0 Å². The minimum atomic E-state index is -0.851. The van der Waals surface area contributed by atoms with Gasteiger partial charge in [0.2, 0.25) is 0 Å². The molecule has 0 bridgehead atoms. The Morgan fingerprint density at radius 2 is 1.75 bits per heavy atom. The van der Waals surface area contributed by atoms with E-state index in [0.29, 0.717) is 19.6 Å². The van der Waals surface area contributed by atoms with Gasteiger partial charge in [0.25, 0.3) is 0 Å². The van der Waals surface area contributed by atoms with Crippen molar-refractivity contribution in [1.82, 2.24) is 0 Å². The minimum absolute atomic E-state index is 0.308. The first-order chi connectivity index (χ1) is 9.56. The first kappa shape index (κ1) is 14.6. The number of ether oxygens (including phenoxy) is 2. The molecule has 0 heterocycles. The summed E-state index contributed by atoms with van der Waals surface area (Å²) in [5.74, 6) is -1.08. The van der Waals surface area contributed by atoms with Crippen molar-refractivity contribution < 1.29 is 19.1 Å². The van der Waals surface area contributed by atoms with Crippen LogP contribution in [0.1, 0.15) is 31.4 Å². The highest BCUT2D eigenvalue weighted by molar-refractivity contribution is 5.96. The van der Waals surface area contributed by atoms with Gasteiger partial charge in [-0.25, -0.2) is 0 Å². The predicted molar refractivity (Wildman–Crippen MR) is 74.2 cm³/mol. The summed E-state index contributed by atoms with van der Waals surface area (Å²) in [6, 6.07) is 7.67. The molecule has 1 aliphatic carbocycles. The van der Waals surface area contributed by atoms with Crippen LogP contribution in [-0.4, -0.2) is 25.2 Å². The lowest BCUT2D eigenvalue weighted by atomic mass is 9.92. The highest BCUT2D eigenvalue weighted by atomic mass is 16.5. The van der Waals surface area contributed by atoms with Crippen molar-refractivity contribution in [2.45, 2.75) is 32.6 Å². The average Bonchev–Trinajstić information content (AvgIpc) is 3.17. The van der Waals surface area contributed by atoms with Gasteiger partial charge in [-0.3, -0.25) is 9.59 Å². The van der Waals surface area contributed by atoms with Crippen molar-refractivity contribution in [3.05, 3.63) is 35.4 Å². The van der Waals surface area contributed by atoms with Crippen molar-refractivity contribution in [3.63, 3.8) is 0 Å². The van der Waals surface area contributed by atoms with E-state index in [-0.39, 0.29) is 11.9 Å². The first-order valence-corrected chi connectivity index (χ1v) is 6.97. The normalized spacial score (nSPS) is 24.1. The van der Waals surface area contributed by atoms with Crippen LogP contribution >= 0.6 is 0 Å². The van der Waals surface area contributed by atoms with Gasteiger partial charge < -0.3 is 9.47 Å². The maximum atomic E-state index is 12.3. The van der Waals surface area contributed by atoms with Crippen LogP contribution in [0.4, 0.5) is 0 Å². The van der Waals surface area contributed by atoms with Crippen molar-refractivity contribution in [2.24, 2.45) is 5.92 Å². The number of esters is 2. The van der Waals surface area contributed by atoms with Crippen molar-refractivity contribution >= 4 is 11.9 Å². The van der Waals surface area contributed by atoms with E-state index >= 15 is 0 Å². The molecule has 0 unspecified atom stereocenters. The second-order valence-electron chi connectivity index (χ2n) is 5.07. The van der Waals surface area contributed by atoms with E-state index in [1.165, 1.54) is 0 Å². The molecule has 2 atom stereocenters. The van der Waals surface area contributed by atoms with Crippen LogP contribution in [0.2, 0.25) is 0 Å². The largest absolute Gasteiger partial charge is 0.466 e. The van der Waals surface area contributed by atoms with Crippen LogP contribution in [0.15, 0.2) is 24.3 Å². The molecule has 0 amide bonds. The molecule has 1 aromatic carbocycles. The summed E-state index contributed by atoms with van der Waals surface area (Å²) in [6.07, 6.45) is 0.466. The Kier molecular flexibility index (Phi) is 4.12. The summed E-state index contributed by atoms with van der Waals surface area (Å²) < 4.78 is 10.2. The van der Waals surface area contributed by atoms with E-state index in [9.17, 15) is 9.59 Å². The van der Waals surface area contributed by atoms with Crippen LogP contribution in [0, 0.1) is 12.8 Å². The standard InChI is InChI=1S/C16H20O4/c1-4-19-14(17)13-10-16(13,15(18)20-5-2)12-8-6-11(3)7-9-12/h6-9,13H,4-5,10H2,1-3H3/t13-,16+/m0/s1. The lowest BCUT2D eigenvalue weighted by Gasteiger charge is -2.16. The van der Waals surface area contributed by atoms with Crippen LogP contribution < -0.4 is 0 Å². The molecule has 1 fully saturated rings. The Bertz CT molecular complexity index is 506. The topological polar surface area (TPSA) is 52.6 Å². The number of carbonyl (C=O) groups excluding carboxylic acids is 2. The van der Waals surface area contributed by atoms with E-state index in [1.807, 2.05) is 31.2 Å². The highest BCUT2D eigenvalue weighted by Gasteiger charge is 2.66. The van der Waals surface area contributed by atoms with E-state index in [0.717, 1.165) is 11.1 Å². The zero-order valence-corrected chi connectivity index (χ0v) is 12.1. The monoisotopic (exact) mass is 276 g/mol. The van der Waals surface area contributed by atoms with Crippen molar-refractivity contribution in [2.75, 3.05) is 13.2 Å². The molecular formula is C16H20O4. The predicted octanol–water partition coefficient (Wildman–Crippen LogP) is 2.38. The van der Waals surface area contributed by atoms with Crippen LogP contribution in [0.25, 0.3) is 0 Å². The summed E-state index contributed by atoms with van der Waals surface area (Å²) >= 11 is 0. The Morgan fingerprint density at radius 1 is 1.15 bits per heavy atom. The van der Waals surface area contributed by atoms with Gasteiger partial charge in [0.15, 0.2) is 0 Å². The molecule has 0 aliphatic heterocycles. The number of benzene rings is 1. The molecule has 0 radical (unpaired) electrons. The van der Waals surface area contributed by atoms with Crippen LogP contribution in [0.5, 0.6) is 0 Å². The summed E-state index contributed by atoms with van der Waals surface area (Å²) in [5.41, 5.74) is 1.09. The summed E-state index contributed by atoms with van der Waals surface area (Å²) in [5, 5.41) is 0. The van der Waals surface area contributed by atoms with Crippen LogP contribution in [-0.2, 0) is 24.5 Å². The Balaban J connectivity index is 2.30. The molecule has 0 aromatic heterocycles. The fourth-order valence-electron chi connectivity index (χ4n) is 2.56. The third-order valence-electron chi connectivity index (χ3n) is 3.74. The zero-order valence-electron chi connectivity index (χ0n) is 12.1. The van der Waals surface area contributed by atoms with Gasteiger partial charge in [-0.05, 0) is 32.8 Å². The second-order valence-corrected chi connectivity index (χ2v) is 5.07. The fourth-order valence-corrected chi connectivity index (χ4v) is 2.56. The Labute approximate surface area is 119 Å². The van der Waals surface area contributed by atoms with Crippen molar-refractivity contribution in [3.8, 4) is 0 Å². The highest BCUT2D eigenvalue weighted by Crippen LogP contribution is 2.55. The fraction of sp³-hybridized carbons (Fsp3) is 0.500. The number of hydrogen-bond donors (Lipinski definition) is 0. The SMILES string of the molecule is CCOC(=O)[C@@H]1C[C@@]1(C(=O)OCC)c1ccc(C)cc1. The van der Waals surface area contributed by atoms with Gasteiger partial charge in [-0.2, -0.15) is 0 Å². The lowest BCUT2D eigenvalue weighted by Crippen LogP contribution is -2.28. The average molecular weight is 276 g/mol. The molecule has 108 valence electrons. The third kappa shape index (κ3) is 2.42. The number of rotatable bonds is 5. The third-order valence-corrected chi connectivity index (χ3v) is 3.74. The molecule has 4 nitrogen and oxygen atoms in total. The second kappa shape index (κ2) is 5.65. The van der Waals surface area contributed by atoms with Gasteiger partial charge >= 0.3 is 11.9 Å². The maximum absolute atomic E-state index is 12.3. The molecule has 4 heteroatoms. The van der Waals surface area contributed by atoms with Gasteiger partial charge in [-0.15, -0.1) is 0 Å². The quantitative estimate of drug-likeness (QED) is 0.775. The van der Waals surface area contributed by atoms with E-state index in [4.69, 9.17) is 9.47 Å². The zero-order chi connectivity index (χ0) is 14.8. The van der Waals surface area contributed by atoms with Gasteiger partial charge in [0, 0.05) is 0 Å². The molecule has 2 rings (SSSR count). The molecule has 1 saturated carbocycles. The molecule has 1 aliphatic rings. The van der Waals surface area contributed by atoms with E-state index < -0.39 is 11.3 Å². The maximum Gasteiger partial charge on any atom is 0.317 e. The Hall–Kier alpha value is -1.84. The van der Waals surface area contributed by atoms with E-state index in [1.54, 1.807) is 13.8 Å². The van der Waals surface area contributed by atoms with E-state index in [2.05, 4.69) is 0 Å². The number of carbonyl (C=O) groups is 2. The van der Waals surface area contributed by atoms with Gasteiger partial charge in [0.05, 0.1) is 19.1 Å². The lowest BCUT2D eigenvalue weighted by molar-refractivity contribution is -0.152. The Morgan fingerprint density at radius 3 is 2.30 bits per heavy atom. The molecule has 1 aromatic rings. The minimum Gasteiger partial charge on any atom is -0.466 e. The molecule has 0 spiro atoms. The first-order valence-electron chi connectivity index (χ1n) is 6.97. The number of hydrogen-bond acceptors (Lipinski definition) is 4. The smallest absolute Gasteiger partial charge is 0.317 e. The molecule has 0 saturated heterocycles. The van der Waals surface area contributed by atoms with Crippen molar-refractivity contribution in [1.29, 1.82) is 0 Å². The molecule has 0 N–H and O–H groups in total. The summed E-state index contributed by atoms with van der Waals surface area (Å²) in [7, 11) is 0.